The van der Waals surface area contributed by atoms with Crippen molar-refractivity contribution >= 4 is 50.6 Å². The summed E-state index contributed by atoms with van der Waals surface area (Å²) < 4.78 is 26.4. The molecule has 2 aromatic rings. The van der Waals surface area contributed by atoms with E-state index in [9.17, 15) is 8.42 Å². The molecule has 1 aromatic heterocycles. The van der Waals surface area contributed by atoms with Gasteiger partial charge in [0, 0.05) is 12.4 Å². The molecule has 0 bridgehead atoms. The largest absolute Gasteiger partial charge is 0.263 e. The molecule has 0 radical (unpaired) electrons. The molecule has 0 fully saturated rings. The van der Waals surface area contributed by atoms with Crippen molar-refractivity contribution in [1.82, 2.24) is 9.97 Å². The highest BCUT2D eigenvalue weighted by atomic mass is 35.5. The van der Waals surface area contributed by atoms with Crippen molar-refractivity contribution in [2.45, 2.75) is 4.90 Å². The van der Waals surface area contributed by atoms with Gasteiger partial charge >= 0.3 is 0 Å². The normalized spacial score (nSPS) is 11.3. The molecule has 1 heterocycles. The van der Waals surface area contributed by atoms with Gasteiger partial charge in [-0.05, 0) is 18.2 Å². The van der Waals surface area contributed by atoms with E-state index >= 15 is 0 Å². The fraction of sp³-hybridized carbons (Fsp3) is 0. The molecule has 1 aromatic carbocycles. The molecule has 0 saturated heterocycles. The minimum absolute atomic E-state index is 0.0499. The number of anilines is 1. The van der Waals surface area contributed by atoms with E-state index in [1.54, 1.807) is 0 Å². The highest BCUT2D eigenvalue weighted by Crippen LogP contribution is 2.26. The first-order valence-electron chi connectivity index (χ1n) is 4.84. The van der Waals surface area contributed by atoms with Gasteiger partial charge in [-0.3, -0.25) is 4.72 Å². The molecule has 0 amide bonds. The average molecular weight is 339 g/mol. The first-order valence-corrected chi connectivity index (χ1v) is 7.46. The second kappa shape index (κ2) is 5.50. The summed E-state index contributed by atoms with van der Waals surface area (Å²) in [6.45, 7) is 0. The Kier molecular flexibility index (Phi) is 4.15. The Balaban J connectivity index is 2.38. The number of nitrogens with zero attached hydrogens (tertiary/aromatic N) is 2. The number of rotatable bonds is 3. The van der Waals surface area contributed by atoms with Gasteiger partial charge in [-0.2, -0.15) is 0 Å². The highest BCUT2D eigenvalue weighted by molar-refractivity contribution is 7.92. The van der Waals surface area contributed by atoms with Crippen LogP contribution in [-0.2, 0) is 10.0 Å². The Bertz CT molecular complexity index is 722. The van der Waals surface area contributed by atoms with Crippen LogP contribution >= 0.6 is 34.8 Å². The van der Waals surface area contributed by atoms with Crippen LogP contribution in [0.25, 0.3) is 0 Å². The van der Waals surface area contributed by atoms with E-state index < -0.39 is 10.0 Å². The van der Waals surface area contributed by atoms with E-state index in [0.29, 0.717) is 0 Å². The van der Waals surface area contributed by atoms with E-state index in [-0.39, 0.29) is 25.9 Å². The Morgan fingerprint density at radius 3 is 2.32 bits per heavy atom. The predicted octanol–water partition coefficient (Wildman–Crippen LogP) is 3.24. The summed E-state index contributed by atoms with van der Waals surface area (Å²) in [5.74, 6) is -0.0600. The molecular formula is C10H6Cl3N3O2S. The summed E-state index contributed by atoms with van der Waals surface area (Å²) >= 11 is 17.2. The summed E-state index contributed by atoms with van der Waals surface area (Å²) in [5.41, 5.74) is 0. The van der Waals surface area contributed by atoms with Gasteiger partial charge in [0.15, 0.2) is 11.0 Å². The zero-order valence-electron chi connectivity index (χ0n) is 9.14. The van der Waals surface area contributed by atoms with Crippen LogP contribution in [0.4, 0.5) is 5.82 Å². The smallest absolute Gasteiger partial charge is 0.261 e. The van der Waals surface area contributed by atoms with Crippen LogP contribution in [-0.4, -0.2) is 18.4 Å². The van der Waals surface area contributed by atoms with Crippen LogP contribution in [0.1, 0.15) is 0 Å². The minimum Gasteiger partial charge on any atom is -0.261 e. The molecule has 0 spiro atoms. The summed E-state index contributed by atoms with van der Waals surface area (Å²) in [7, 11) is -3.86. The maximum absolute atomic E-state index is 12.1. The quantitative estimate of drug-likeness (QED) is 0.932. The van der Waals surface area contributed by atoms with Gasteiger partial charge < -0.3 is 0 Å². The summed E-state index contributed by atoms with van der Waals surface area (Å²) in [6.07, 6.45) is 2.66. The van der Waals surface area contributed by atoms with Crippen molar-refractivity contribution < 1.29 is 8.42 Å². The summed E-state index contributed by atoms with van der Waals surface area (Å²) in [4.78, 5) is 7.45. The van der Waals surface area contributed by atoms with Crippen LogP contribution in [0, 0.1) is 0 Å². The first-order chi connectivity index (χ1) is 8.90. The second-order valence-electron chi connectivity index (χ2n) is 3.38. The van der Waals surface area contributed by atoms with Crippen molar-refractivity contribution in [1.29, 1.82) is 0 Å². The zero-order valence-corrected chi connectivity index (χ0v) is 12.2. The lowest BCUT2D eigenvalue weighted by molar-refractivity contribution is 0.601. The van der Waals surface area contributed by atoms with Crippen LogP contribution in [0.15, 0.2) is 35.5 Å². The van der Waals surface area contributed by atoms with Crippen molar-refractivity contribution in [3.8, 4) is 0 Å². The molecule has 0 unspecified atom stereocenters. The number of hydrogen-bond acceptors (Lipinski definition) is 4. The molecule has 9 heteroatoms. The van der Waals surface area contributed by atoms with Crippen molar-refractivity contribution in [2.24, 2.45) is 0 Å². The topological polar surface area (TPSA) is 72.0 Å². The Morgan fingerprint density at radius 1 is 1.00 bits per heavy atom. The molecule has 0 saturated carbocycles. The fourth-order valence-electron chi connectivity index (χ4n) is 1.22. The third-order valence-corrected chi connectivity index (χ3v) is 4.44. The van der Waals surface area contributed by atoms with Gasteiger partial charge in [-0.15, -0.1) is 0 Å². The van der Waals surface area contributed by atoms with Gasteiger partial charge in [0.2, 0.25) is 0 Å². The molecule has 2 rings (SSSR count). The monoisotopic (exact) mass is 337 g/mol. The van der Waals surface area contributed by atoms with Gasteiger partial charge in [-0.25, -0.2) is 18.4 Å². The number of aromatic nitrogens is 2. The van der Waals surface area contributed by atoms with Crippen LogP contribution in [0.2, 0.25) is 15.2 Å². The number of halogens is 3. The van der Waals surface area contributed by atoms with Crippen molar-refractivity contribution in [2.75, 3.05) is 4.72 Å². The number of hydrogen-bond donors (Lipinski definition) is 1. The summed E-state index contributed by atoms with van der Waals surface area (Å²) in [6, 6.07) is 3.94. The standard InChI is InChI=1S/C10H6Cl3N3O2S/c11-7-2-1-6(5-8(7)12)19(17,18)16-10-9(13)14-3-4-15-10/h1-5H,(H,15,16). The maximum Gasteiger partial charge on any atom is 0.263 e. The molecule has 100 valence electrons. The molecule has 1 N–H and O–H groups in total. The van der Waals surface area contributed by atoms with E-state index in [4.69, 9.17) is 34.8 Å². The Morgan fingerprint density at radius 2 is 1.68 bits per heavy atom. The Labute approximate surface area is 124 Å². The lowest BCUT2D eigenvalue weighted by Gasteiger charge is -2.08. The van der Waals surface area contributed by atoms with Crippen molar-refractivity contribution in [3.05, 3.63) is 45.8 Å². The van der Waals surface area contributed by atoms with Gasteiger partial charge in [-0.1, -0.05) is 34.8 Å². The second-order valence-corrected chi connectivity index (χ2v) is 6.23. The molecule has 0 aliphatic carbocycles. The summed E-state index contributed by atoms with van der Waals surface area (Å²) in [5, 5.41) is 0.346. The Hall–Kier alpha value is -1.08. The van der Waals surface area contributed by atoms with Crippen LogP contribution < -0.4 is 4.72 Å². The van der Waals surface area contributed by atoms with Gasteiger partial charge in [0.05, 0.1) is 14.9 Å². The maximum atomic E-state index is 12.1. The van der Waals surface area contributed by atoms with Crippen LogP contribution in [0.3, 0.4) is 0 Å². The van der Waals surface area contributed by atoms with E-state index in [0.717, 1.165) is 0 Å². The predicted molar refractivity (Wildman–Crippen MR) is 74.3 cm³/mol. The first kappa shape index (κ1) is 14.3. The van der Waals surface area contributed by atoms with E-state index in [1.165, 1.54) is 30.6 Å². The third-order valence-electron chi connectivity index (χ3n) is 2.09. The fourth-order valence-corrected chi connectivity index (χ4v) is 2.83. The van der Waals surface area contributed by atoms with E-state index in [2.05, 4.69) is 14.7 Å². The molecule has 5 nitrogen and oxygen atoms in total. The number of nitrogens with one attached hydrogen (secondary N) is 1. The zero-order chi connectivity index (χ0) is 14.0. The lowest BCUT2D eigenvalue weighted by atomic mass is 10.4. The third kappa shape index (κ3) is 3.27. The van der Waals surface area contributed by atoms with Gasteiger partial charge in [0.25, 0.3) is 10.0 Å². The SMILES string of the molecule is O=S(=O)(Nc1nccnc1Cl)c1ccc(Cl)c(Cl)c1. The number of benzene rings is 1. The van der Waals surface area contributed by atoms with Gasteiger partial charge in [0.1, 0.15) is 0 Å². The lowest BCUT2D eigenvalue weighted by Crippen LogP contribution is -2.14. The number of sulfonamides is 1. The highest BCUT2D eigenvalue weighted by Gasteiger charge is 2.18. The van der Waals surface area contributed by atoms with Crippen LogP contribution in [0.5, 0.6) is 0 Å². The molecular weight excluding hydrogens is 333 g/mol. The van der Waals surface area contributed by atoms with E-state index in [1.807, 2.05) is 0 Å². The molecule has 0 aliphatic heterocycles. The minimum atomic E-state index is -3.86. The molecule has 0 aliphatic rings. The average Bonchev–Trinajstić information content (AvgIpc) is 2.35. The molecule has 0 atom stereocenters. The molecule has 19 heavy (non-hydrogen) atoms. The van der Waals surface area contributed by atoms with Crippen molar-refractivity contribution in [3.63, 3.8) is 0 Å².